The standard InChI is InChI=1S/C27H27Cl2N3O3/c28-21-12-11-20(24(29)18-21)17-25(33)32(23-9-5-2-6-10-23)19-35-27(13-15-30-16-14-27)26(34)31-22-7-3-1-4-8-22/h1-12,18,30H,13-17,19H2,(H,31,34). The molecule has 2 N–H and O–H groups in total. The molecule has 0 unspecified atom stereocenters. The summed E-state index contributed by atoms with van der Waals surface area (Å²) in [7, 11) is 0. The van der Waals surface area contributed by atoms with Crippen LogP contribution in [-0.4, -0.2) is 37.2 Å². The second-order valence-corrected chi connectivity index (χ2v) is 9.25. The first-order valence-electron chi connectivity index (χ1n) is 11.5. The lowest BCUT2D eigenvalue weighted by Crippen LogP contribution is -2.54. The smallest absolute Gasteiger partial charge is 0.256 e. The number of amides is 2. The first-order chi connectivity index (χ1) is 17.0. The predicted molar refractivity (Wildman–Crippen MR) is 140 cm³/mol. The third-order valence-electron chi connectivity index (χ3n) is 6.05. The highest BCUT2D eigenvalue weighted by molar-refractivity contribution is 6.35. The van der Waals surface area contributed by atoms with Crippen molar-refractivity contribution in [3.63, 3.8) is 0 Å². The molecule has 35 heavy (non-hydrogen) atoms. The summed E-state index contributed by atoms with van der Waals surface area (Å²) in [6.07, 6.45) is 1.05. The Balaban J connectivity index is 1.55. The molecule has 0 spiro atoms. The van der Waals surface area contributed by atoms with Crippen LogP contribution in [0.15, 0.2) is 78.9 Å². The first-order valence-corrected chi connectivity index (χ1v) is 12.2. The van der Waals surface area contributed by atoms with Gasteiger partial charge in [0.15, 0.2) is 5.60 Å². The van der Waals surface area contributed by atoms with Gasteiger partial charge in [0.05, 0.1) is 6.42 Å². The zero-order valence-corrected chi connectivity index (χ0v) is 20.7. The molecule has 0 bridgehead atoms. The number of carbonyl (C=O) groups excluding carboxylic acids is 2. The van der Waals surface area contributed by atoms with Gasteiger partial charge in [0.25, 0.3) is 5.91 Å². The molecule has 1 saturated heterocycles. The van der Waals surface area contributed by atoms with Crippen molar-refractivity contribution in [2.45, 2.75) is 24.9 Å². The Kier molecular flexibility index (Phi) is 8.42. The SMILES string of the molecule is O=C(Cc1ccc(Cl)cc1Cl)N(COC1(C(=O)Nc2ccccc2)CCNCC1)c1ccccc1. The summed E-state index contributed by atoms with van der Waals surface area (Å²) < 4.78 is 6.33. The van der Waals surface area contributed by atoms with Crippen LogP contribution in [0, 0.1) is 0 Å². The maximum Gasteiger partial charge on any atom is 0.256 e. The van der Waals surface area contributed by atoms with E-state index >= 15 is 0 Å². The molecule has 1 aliphatic heterocycles. The molecule has 2 amide bonds. The van der Waals surface area contributed by atoms with Gasteiger partial charge in [-0.3, -0.25) is 14.5 Å². The number of nitrogens with zero attached hydrogens (tertiary/aromatic N) is 1. The molecule has 0 aromatic heterocycles. The van der Waals surface area contributed by atoms with E-state index in [1.807, 2.05) is 60.7 Å². The Morgan fingerprint density at radius 1 is 0.943 bits per heavy atom. The van der Waals surface area contributed by atoms with Gasteiger partial charge in [-0.15, -0.1) is 0 Å². The number of ether oxygens (including phenoxy) is 1. The molecule has 6 nitrogen and oxygen atoms in total. The average Bonchev–Trinajstić information content (AvgIpc) is 2.87. The number of piperidine rings is 1. The van der Waals surface area contributed by atoms with Crippen LogP contribution in [0.3, 0.4) is 0 Å². The molecule has 1 aliphatic rings. The van der Waals surface area contributed by atoms with Crippen LogP contribution in [0.2, 0.25) is 10.0 Å². The summed E-state index contributed by atoms with van der Waals surface area (Å²) in [4.78, 5) is 28.4. The van der Waals surface area contributed by atoms with E-state index in [4.69, 9.17) is 27.9 Å². The van der Waals surface area contributed by atoms with Gasteiger partial charge in [-0.2, -0.15) is 0 Å². The Morgan fingerprint density at radius 3 is 2.26 bits per heavy atom. The van der Waals surface area contributed by atoms with E-state index in [0.29, 0.717) is 52.9 Å². The second-order valence-electron chi connectivity index (χ2n) is 8.41. The monoisotopic (exact) mass is 511 g/mol. The number of nitrogens with one attached hydrogen (secondary N) is 2. The number of para-hydroxylation sites is 2. The fraction of sp³-hybridized carbons (Fsp3) is 0.259. The summed E-state index contributed by atoms with van der Waals surface area (Å²) in [5.74, 6) is -0.417. The predicted octanol–water partition coefficient (Wildman–Crippen LogP) is 5.30. The molecule has 1 fully saturated rings. The molecule has 0 atom stereocenters. The maximum atomic E-state index is 13.4. The van der Waals surface area contributed by atoms with Crippen LogP contribution in [0.25, 0.3) is 0 Å². The summed E-state index contributed by atoms with van der Waals surface area (Å²) in [5.41, 5.74) is 0.981. The minimum Gasteiger partial charge on any atom is -0.344 e. The van der Waals surface area contributed by atoms with Crippen molar-refractivity contribution < 1.29 is 14.3 Å². The number of carbonyl (C=O) groups is 2. The van der Waals surface area contributed by atoms with E-state index in [1.54, 1.807) is 23.1 Å². The molecule has 0 aliphatic carbocycles. The van der Waals surface area contributed by atoms with Crippen LogP contribution in [-0.2, 0) is 20.7 Å². The molecular weight excluding hydrogens is 485 g/mol. The molecule has 1 heterocycles. The molecule has 182 valence electrons. The van der Waals surface area contributed by atoms with Gasteiger partial charge < -0.3 is 15.4 Å². The molecule has 0 saturated carbocycles. The lowest BCUT2D eigenvalue weighted by Gasteiger charge is -2.37. The lowest BCUT2D eigenvalue weighted by molar-refractivity contribution is -0.146. The van der Waals surface area contributed by atoms with Crippen molar-refractivity contribution in [2.24, 2.45) is 0 Å². The topological polar surface area (TPSA) is 70.7 Å². The van der Waals surface area contributed by atoms with Gasteiger partial charge in [0.2, 0.25) is 5.91 Å². The van der Waals surface area contributed by atoms with Gasteiger partial charge in [-0.05, 0) is 67.9 Å². The number of hydrogen-bond donors (Lipinski definition) is 2. The number of anilines is 2. The minimum absolute atomic E-state index is 0.0685. The van der Waals surface area contributed by atoms with Crippen LogP contribution >= 0.6 is 23.2 Å². The van der Waals surface area contributed by atoms with Crippen molar-refractivity contribution >= 4 is 46.4 Å². The molecule has 8 heteroatoms. The van der Waals surface area contributed by atoms with Crippen molar-refractivity contribution in [1.82, 2.24) is 5.32 Å². The maximum absolute atomic E-state index is 13.4. The largest absolute Gasteiger partial charge is 0.344 e. The Labute approximate surface area is 215 Å². The van der Waals surface area contributed by atoms with Gasteiger partial charge in [0.1, 0.15) is 6.73 Å². The first kappa shape index (κ1) is 25.2. The zero-order valence-electron chi connectivity index (χ0n) is 19.2. The van der Waals surface area contributed by atoms with Gasteiger partial charge >= 0.3 is 0 Å². The van der Waals surface area contributed by atoms with Crippen molar-refractivity contribution in [3.8, 4) is 0 Å². The van der Waals surface area contributed by atoms with Crippen molar-refractivity contribution in [2.75, 3.05) is 30.0 Å². The normalized spacial score (nSPS) is 14.8. The molecule has 3 aromatic carbocycles. The van der Waals surface area contributed by atoms with E-state index in [0.717, 1.165) is 0 Å². The fourth-order valence-corrected chi connectivity index (χ4v) is 4.52. The summed E-state index contributed by atoms with van der Waals surface area (Å²) in [5, 5.41) is 7.18. The third kappa shape index (κ3) is 6.41. The quantitative estimate of drug-likeness (QED) is 0.402. The van der Waals surface area contributed by atoms with Gasteiger partial charge in [-0.1, -0.05) is 65.7 Å². The number of benzene rings is 3. The molecule has 3 aromatic rings. The van der Waals surface area contributed by atoms with Crippen LogP contribution in [0.5, 0.6) is 0 Å². The Hall–Kier alpha value is -2.90. The van der Waals surface area contributed by atoms with Crippen LogP contribution in [0.1, 0.15) is 18.4 Å². The molecule has 0 radical (unpaired) electrons. The van der Waals surface area contributed by atoms with Crippen molar-refractivity contribution in [3.05, 3.63) is 94.5 Å². The summed E-state index contributed by atoms with van der Waals surface area (Å²) in [6.45, 7) is 1.21. The van der Waals surface area contributed by atoms with Gasteiger partial charge in [0, 0.05) is 21.4 Å². The highest BCUT2D eigenvalue weighted by Gasteiger charge is 2.41. The zero-order chi connectivity index (χ0) is 24.7. The highest BCUT2D eigenvalue weighted by atomic mass is 35.5. The Bertz CT molecular complexity index is 1150. The highest BCUT2D eigenvalue weighted by Crippen LogP contribution is 2.28. The third-order valence-corrected chi connectivity index (χ3v) is 6.64. The van der Waals surface area contributed by atoms with E-state index < -0.39 is 5.60 Å². The second kappa shape index (κ2) is 11.7. The van der Waals surface area contributed by atoms with E-state index in [2.05, 4.69) is 10.6 Å². The number of halogens is 2. The Morgan fingerprint density at radius 2 is 1.60 bits per heavy atom. The van der Waals surface area contributed by atoms with Gasteiger partial charge in [-0.25, -0.2) is 0 Å². The summed E-state index contributed by atoms with van der Waals surface area (Å²) in [6, 6.07) is 23.6. The number of rotatable bonds is 8. The lowest BCUT2D eigenvalue weighted by atomic mass is 9.91. The average molecular weight is 512 g/mol. The summed E-state index contributed by atoms with van der Waals surface area (Å²) >= 11 is 12.3. The molecular formula is C27H27Cl2N3O3. The van der Waals surface area contributed by atoms with Crippen molar-refractivity contribution in [1.29, 1.82) is 0 Å². The van der Waals surface area contributed by atoms with Crippen LogP contribution < -0.4 is 15.5 Å². The van der Waals surface area contributed by atoms with E-state index in [-0.39, 0.29) is 25.0 Å². The fourth-order valence-electron chi connectivity index (χ4n) is 4.04. The minimum atomic E-state index is -1.06. The van der Waals surface area contributed by atoms with E-state index in [1.165, 1.54) is 0 Å². The number of hydrogen-bond acceptors (Lipinski definition) is 4. The van der Waals surface area contributed by atoms with Crippen LogP contribution in [0.4, 0.5) is 11.4 Å². The van der Waals surface area contributed by atoms with E-state index in [9.17, 15) is 9.59 Å². The molecule has 4 rings (SSSR count).